The van der Waals surface area contributed by atoms with Gasteiger partial charge in [0, 0.05) is 21.0 Å². The number of benzene rings is 2. The van der Waals surface area contributed by atoms with Crippen LogP contribution in [0.4, 0.5) is 0 Å². The van der Waals surface area contributed by atoms with Crippen molar-refractivity contribution >= 4 is 44.6 Å². The van der Waals surface area contributed by atoms with Gasteiger partial charge in [0.15, 0.2) is 0 Å². The average Bonchev–Trinajstić information content (AvgIpc) is 3.23. The van der Waals surface area contributed by atoms with Crippen LogP contribution in [0.15, 0.2) is 67.3 Å². The van der Waals surface area contributed by atoms with Crippen molar-refractivity contribution < 1.29 is 4.42 Å². The van der Waals surface area contributed by atoms with Gasteiger partial charge >= 0.3 is 0 Å². The van der Waals surface area contributed by atoms with Crippen molar-refractivity contribution in [3.05, 3.63) is 85.5 Å². The zero-order chi connectivity index (χ0) is 22.1. The summed E-state index contributed by atoms with van der Waals surface area (Å²) in [5.41, 5.74) is 2.31. The highest BCUT2D eigenvalue weighted by Gasteiger charge is 2.16. The Morgan fingerprint density at radius 1 is 1.26 bits per heavy atom. The van der Waals surface area contributed by atoms with E-state index in [2.05, 4.69) is 28.0 Å². The molecular formula is C24H21BrClN3O2. The molecule has 0 saturated heterocycles. The molecule has 0 bridgehead atoms. The van der Waals surface area contributed by atoms with E-state index in [0.717, 1.165) is 22.0 Å². The molecule has 2 aromatic heterocycles. The maximum Gasteiger partial charge on any atom is 0.282 e. The summed E-state index contributed by atoms with van der Waals surface area (Å²) in [6.07, 6.45) is 2.38. The van der Waals surface area contributed by atoms with Crippen LogP contribution in [0.5, 0.6) is 0 Å². The largest absolute Gasteiger partial charge is 0.455 e. The van der Waals surface area contributed by atoms with Gasteiger partial charge in [0.05, 0.1) is 17.1 Å². The van der Waals surface area contributed by atoms with Crippen LogP contribution in [0.1, 0.15) is 43.3 Å². The van der Waals surface area contributed by atoms with E-state index < -0.39 is 0 Å². The van der Waals surface area contributed by atoms with Crippen LogP contribution in [0.25, 0.3) is 22.2 Å². The number of fused-ring (bicyclic) bond motifs is 1. The molecule has 0 saturated carbocycles. The molecule has 0 N–H and O–H groups in total. The fraction of sp³-hybridized carbons (Fsp3) is 0.208. The zero-order valence-corrected chi connectivity index (χ0v) is 19.7. The van der Waals surface area contributed by atoms with Gasteiger partial charge in [-0.05, 0) is 55.3 Å². The fourth-order valence-electron chi connectivity index (χ4n) is 3.34. The first-order chi connectivity index (χ1) is 14.9. The maximum atomic E-state index is 13.2. The lowest BCUT2D eigenvalue weighted by molar-refractivity contribution is 0.571. The molecule has 1 atom stereocenters. The monoisotopic (exact) mass is 497 g/mol. The number of aromatic nitrogens is 2. The topological polar surface area (TPSA) is 60.4 Å². The Kier molecular flexibility index (Phi) is 6.12. The van der Waals surface area contributed by atoms with Crippen LogP contribution >= 0.6 is 27.5 Å². The summed E-state index contributed by atoms with van der Waals surface area (Å²) in [5.74, 6) is 1.91. The zero-order valence-electron chi connectivity index (χ0n) is 17.4. The molecule has 158 valence electrons. The Labute approximate surface area is 193 Å². The van der Waals surface area contributed by atoms with Gasteiger partial charge in [-0.15, -0.1) is 0 Å². The summed E-state index contributed by atoms with van der Waals surface area (Å²) >= 11 is 9.66. The predicted molar refractivity (Wildman–Crippen MR) is 129 cm³/mol. The van der Waals surface area contributed by atoms with E-state index in [1.807, 2.05) is 56.3 Å². The lowest BCUT2D eigenvalue weighted by atomic mass is 10.1. The molecular weight excluding hydrogens is 478 g/mol. The van der Waals surface area contributed by atoms with Crippen molar-refractivity contribution in [2.75, 3.05) is 0 Å². The van der Waals surface area contributed by atoms with E-state index in [9.17, 15) is 4.79 Å². The van der Waals surface area contributed by atoms with Gasteiger partial charge in [0.2, 0.25) is 0 Å². The molecule has 0 radical (unpaired) electrons. The average molecular weight is 499 g/mol. The Morgan fingerprint density at radius 3 is 2.84 bits per heavy atom. The second kappa shape index (κ2) is 8.81. The highest BCUT2D eigenvalue weighted by atomic mass is 79.9. The minimum absolute atomic E-state index is 0.0687. The highest BCUT2D eigenvalue weighted by molar-refractivity contribution is 9.10. The van der Waals surface area contributed by atoms with Crippen molar-refractivity contribution in [2.24, 2.45) is 5.10 Å². The predicted octanol–water partition coefficient (Wildman–Crippen LogP) is 6.78. The first-order valence-corrected chi connectivity index (χ1v) is 11.2. The minimum Gasteiger partial charge on any atom is -0.455 e. The lowest BCUT2D eigenvalue weighted by Gasteiger charge is -2.13. The molecule has 5 nitrogen and oxygen atoms in total. The standard InChI is InChI=1S/C24H21BrClN3O2/c1-4-14(2)23-28-21-10-8-16(25)12-19(21)24(30)29(23)27-13-17-9-11-22(31-17)18-6-5-7-20(26)15(18)3/h5-14H,4H2,1-3H3/t14-/m0/s1. The SMILES string of the molecule is CC[C@H](C)c1nc2ccc(Br)cc2c(=O)n1N=Cc1ccc(-c2cccc(Cl)c2C)o1. The highest BCUT2D eigenvalue weighted by Crippen LogP contribution is 2.29. The van der Waals surface area contributed by atoms with Crippen LogP contribution in [0.2, 0.25) is 5.02 Å². The molecule has 0 aliphatic carbocycles. The molecule has 4 aromatic rings. The molecule has 0 unspecified atom stereocenters. The van der Waals surface area contributed by atoms with Crippen molar-refractivity contribution in [1.29, 1.82) is 0 Å². The summed E-state index contributed by atoms with van der Waals surface area (Å²) < 4.78 is 8.14. The van der Waals surface area contributed by atoms with E-state index >= 15 is 0 Å². The normalized spacial score (nSPS) is 12.7. The Bertz CT molecular complexity index is 1360. The van der Waals surface area contributed by atoms with Gasteiger partial charge in [-0.25, -0.2) is 4.98 Å². The van der Waals surface area contributed by atoms with Gasteiger partial charge in [-0.1, -0.05) is 53.5 Å². The Morgan fingerprint density at radius 2 is 2.06 bits per heavy atom. The van der Waals surface area contributed by atoms with E-state index in [4.69, 9.17) is 21.0 Å². The summed E-state index contributed by atoms with van der Waals surface area (Å²) in [7, 11) is 0. The molecule has 31 heavy (non-hydrogen) atoms. The number of halogens is 2. The van der Waals surface area contributed by atoms with Gasteiger partial charge in [-0.3, -0.25) is 4.79 Å². The third kappa shape index (κ3) is 4.23. The molecule has 0 amide bonds. The molecule has 7 heteroatoms. The summed E-state index contributed by atoms with van der Waals surface area (Å²) in [6.45, 7) is 6.04. The van der Waals surface area contributed by atoms with Crippen LogP contribution in [-0.2, 0) is 0 Å². The molecule has 2 heterocycles. The number of hydrogen-bond donors (Lipinski definition) is 0. The quantitative estimate of drug-likeness (QED) is 0.285. The van der Waals surface area contributed by atoms with Gasteiger partial charge in [0.25, 0.3) is 5.56 Å². The van der Waals surface area contributed by atoms with Gasteiger partial charge < -0.3 is 4.42 Å². The number of furan rings is 1. The number of rotatable bonds is 5. The van der Waals surface area contributed by atoms with Crippen molar-refractivity contribution in [1.82, 2.24) is 9.66 Å². The summed E-state index contributed by atoms with van der Waals surface area (Å²) in [6, 6.07) is 14.9. The van der Waals surface area contributed by atoms with E-state index in [0.29, 0.717) is 33.3 Å². The van der Waals surface area contributed by atoms with Crippen molar-refractivity contribution in [3.8, 4) is 11.3 Å². The smallest absolute Gasteiger partial charge is 0.282 e. The van der Waals surface area contributed by atoms with Crippen LogP contribution < -0.4 is 5.56 Å². The summed E-state index contributed by atoms with van der Waals surface area (Å²) in [4.78, 5) is 17.9. The molecule has 0 fully saturated rings. The van der Waals surface area contributed by atoms with Gasteiger partial charge in [-0.2, -0.15) is 9.78 Å². The number of nitrogens with zero attached hydrogens (tertiary/aromatic N) is 3. The van der Waals surface area contributed by atoms with Crippen LogP contribution in [-0.4, -0.2) is 15.9 Å². The molecule has 0 aliphatic rings. The van der Waals surface area contributed by atoms with Crippen LogP contribution in [0, 0.1) is 6.92 Å². The van der Waals surface area contributed by atoms with Crippen molar-refractivity contribution in [3.63, 3.8) is 0 Å². The van der Waals surface area contributed by atoms with E-state index in [-0.39, 0.29) is 11.5 Å². The summed E-state index contributed by atoms with van der Waals surface area (Å²) in [5, 5.41) is 5.64. The first kappa shape index (κ1) is 21.5. The Hall–Kier alpha value is -2.70. The Balaban J connectivity index is 1.78. The number of hydrogen-bond acceptors (Lipinski definition) is 4. The minimum atomic E-state index is -0.213. The first-order valence-electron chi connectivity index (χ1n) is 10.0. The molecule has 2 aromatic carbocycles. The lowest BCUT2D eigenvalue weighted by Crippen LogP contribution is -2.23. The second-order valence-electron chi connectivity index (χ2n) is 7.42. The van der Waals surface area contributed by atoms with E-state index in [1.165, 1.54) is 4.68 Å². The van der Waals surface area contributed by atoms with Crippen molar-refractivity contribution in [2.45, 2.75) is 33.1 Å². The molecule has 4 rings (SSSR count). The second-order valence-corrected chi connectivity index (χ2v) is 8.74. The van der Waals surface area contributed by atoms with E-state index in [1.54, 1.807) is 12.3 Å². The third-order valence-corrected chi connectivity index (χ3v) is 6.25. The van der Waals surface area contributed by atoms with Crippen LogP contribution in [0.3, 0.4) is 0 Å². The molecule has 0 aliphatic heterocycles. The maximum absolute atomic E-state index is 13.2. The van der Waals surface area contributed by atoms with Gasteiger partial charge in [0.1, 0.15) is 17.3 Å². The third-order valence-electron chi connectivity index (χ3n) is 5.35. The molecule has 0 spiro atoms. The fourth-order valence-corrected chi connectivity index (χ4v) is 3.87.